The van der Waals surface area contributed by atoms with E-state index in [0.29, 0.717) is 12.0 Å². The van der Waals surface area contributed by atoms with Crippen molar-refractivity contribution in [2.75, 3.05) is 6.61 Å². The third kappa shape index (κ3) is 3.35. The van der Waals surface area contributed by atoms with Gasteiger partial charge in [0.25, 0.3) is 0 Å². The first-order valence-electron chi connectivity index (χ1n) is 5.51. The van der Waals surface area contributed by atoms with Gasteiger partial charge in [0.15, 0.2) is 17.5 Å². The summed E-state index contributed by atoms with van der Waals surface area (Å²) in [6.07, 6.45) is 1.51. The lowest BCUT2D eigenvalue weighted by Crippen LogP contribution is -2.02. The molecule has 0 saturated heterocycles. The molecule has 1 aromatic carbocycles. The third-order valence-corrected chi connectivity index (χ3v) is 2.31. The van der Waals surface area contributed by atoms with Crippen LogP contribution in [0.15, 0.2) is 18.2 Å². The highest BCUT2D eigenvalue weighted by Crippen LogP contribution is 2.22. The van der Waals surface area contributed by atoms with E-state index in [1.165, 1.54) is 0 Å². The highest BCUT2D eigenvalue weighted by Gasteiger charge is 2.13. The monoisotopic (exact) mass is 258 g/mol. The standard InChI is InChI=1S/C13H13F3O2/c1-3-8(7-12(17)18-4-2)9-5-10(14)13(16)11(15)6-9/h5-7H,3-4H2,1-2H3/b8-7+. The molecule has 18 heavy (non-hydrogen) atoms. The smallest absolute Gasteiger partial charge is 0.331 e. The maximum Gasteiger partial charge on any atom is 0.331 e. The van der Waals surface area contributed by atoms with E-state index in [-0.39, 0.29) is 12.2 Å². The van der Waals surface area contributed by atoms with E-state index < -0.39 is 23.4 Å². The van der Waals surface area contributed by atoms with Crippen LogP contribution in [-0.4, -0.2) is 12.6 Å². The maximum absolute atomic E-state index is 13.1. The van der Waals surface area contributed by atoms with Crippen molar-refractivity contribution in [1.29, 1.82) is 0 Å². The van der Waals surface area contributed by atoms with Crippen molar-refractivity contribution in [3.63, 3.8) is 0 Å². The molecular weight excluding hydrogens is 245 g/mol. The Morgan fingerprint density at radius 1 is 1.22 bits per heavy atom. The zero-order valence-electron chi connectivity index (χ0n) is 10.1. The summed E-state index contributed by atoms with van der Waals surface area (Å²) in [7, 11) is 0. The van der Waals surface area contributed by atoms with Crippen LogP contribution in [0.25, 0.3) is 5.57 Å². The van der Waals surface area contributed by atoms with Gasteiger partial charge in [-0.3, -0.25) is 0 Å². The van der Waals surface area contributed by atoms with Gasteiger partial charge < -0.3 is 4.74 Å². The van der Waals surface area contributed by atoms with Crippen LogP contribution in [0.4, 0.5) is 13.2 Å². The summed E-state index contributed by atoms with van der Waals surface area (Å²) >= 11 is 0. The molecule has 0 aliphatic rings. The summed E-state index contributed by atoms with van der Waals surface area (Å²) in [5.41, 5.74) is 0.508. The summed E-state index contributed by atoms with van der Waals surface area (Å²) in [6.45, 7) is 3.57. The van der Waals surface area contributed by atoms with Gasteiger partial charge in [0.05, 0.1) is 6.61 Å². The van der Waals surface area contributed by atoms with Crippen LogP contribution in [0, 0.1) is 17.5 Å². The number of hydrogen-bond donors (Lipinski definition) is 0. The minimum atomic E-state index is -1.52. The Morgan fingerprint density at radius 3 is 2.22 bits per heavy atom. The average Bonchev–Trinajstić information content (AvgIpc) is 2.32. The lowest BCUT2D eigenvalue weighted by molar-refractivity contribution is -0.137. The summed E-state index contributed by atoms with van der Waals surface area (Å²) < 4.78 is 43.6. The van der Waals surface area contributed by atoms with E-state index in [0.717, 1.165) is 18.2 Å². The molecule has 0 aromatic heterocycles. The molecule has 1 aromatic rings. The molecule has 0 fully saturated rings. The topological polar surface area (TPSA) is 26.3 Å². The summed E-state index contributed by atoms with van der Waals surface area (Å²) in [5.74, 6) is -4.69. The lowest BCUT2D eigenvalue weighted by atomic mass is 10.0. The molecule has 5 heteroatoms. The van der Waals surface area contributed by atoms with Crippen LogP contribution in [0.3, 0.4) is 0 Å². The first kappa shape index (κ1) is 14.3. The van der Waals surface area contributed by atoms with Crippen LogP contribution in [-0.2, 0) is 9.53 Å². The second-order valence-electron chi connectivity index (χ2n) is 3.53. The molecular formula is C13H13F3O2. The highest BCUT2D eigenvalue weighted by molar-refractivity contribution is 5.91. The van der Waals surface area contributed by atoms with Crippen LogP contribution in [0.5, 0.6) is 0 Å². The van der Waals surface area contributed by atoms with Gasteiger partial charge >= 0.3 is 5.97 Å². The molecule has 0 N–H and O–H groups in total. The van der Waals surface area contributed by atoms with Crippen molar-refractivity contribution in [1.82, 2.24) is 0 Å². The molecule has 0 heterocycles. The van der Waals surface area contributed by atoms with Crippen LogP contribution in [0.2, 0.25) is 0 Å². The molecule has 0 atom stereocenters. The molecule has 0 bridgehead atoms. The molecule has 0 aliphatic carbocycles. The molecule has 0 amide bonds. The van der Waals surface area contributed by atoms with Gasteiger partial charge in [0.1, 0.15) is 0 Å². The van der Waals surface area contributed by atoms with E-state index in [9.17, 15) is 18.0 Å². The number of ether oxygens (including phenoxy) is 1. The summed E-state index contributed by atoms with van der Waals surface area (Å²) in [5, 5.41) is 0. The minimum Gasteiger partial charge on any atom is -0.463 e. The van der Waals surface area contributed by atoms with Crippen molar-refractivity contribution < 1.29 is 22.7 Å². The summed E-state index contributed by atoms with van der Waals surface area (Å²) in [4.78, 5) is 11.3. The normalized spacial score (nSPS) is 11.5. The Balaban J connectivity index is 3.13. The van der Waals surface area contributed by atoms with Gasteiger partial charge in [-0.2, -0.15) is 0 Å². The predicted octanol–water partition coefficient (Wildman–Crippen LogP) is 3.46. The van der Waals surface area contributed by atoms with E-state index in [1.54, 1.807) is 13.8 Å². The van der Waals surface area contributed by atoms with Crippen molar-refractivity contribution in [2.24, 2.45) is 0 Å². The quantitative estimate of drug-likeness (QED) is 0.469. The average molecular weight is 258 g/mol. The second-order valence-corrected chi connectivity index (χ2v) is 3.53. The Labute approximate surface area is 103 Å². The number of rotatable bonds is 4. The van der Waals surface area contributed by atoms with Gasteiger partial charge in [0, 0.05) is 6.08 Å². The summed E-state index contributed by atoms with van der Waals surface area (Å²) in [6, 6.07) is 1.71. The zero-order chi connectivity index (χ0) is 13.7. The van der Waals surface area contributed by atoms with Gasteiger partial charge in [-0.15, -0.1) is 0 Å². The van der Waals surface area contributed by atoms with Gasteiger partial charge in [-0.1, -0.05) is 6.92 Å². The number of benzene rings is 1. The van der Waals surface area contributed by atoms with Crippen LogP contribution in [0.1, 0.15) is 25.8 Å². The van der Waals surface area contributed by atoms with Crippen molar-refractivity contribution in [3.8, 4) is 0 Å². The molecule has 0 saturated carbocycles. The van der Waals surface area contributed by atoms with Gasteiger partial charge in [0.2, 0.25) is 0 Å². The first-order valence-corrected chi connectivity index (χ1v) is 5.51. The predicted molar refractivity (Wildman–Crippen MR) is 61.2 cm³/mol. The Bertz CT molecular complexity index is 458. The molecule has 0 aliphatic heterocycles. The Morgan fingerprint density at radius 2 is 1.78 bits per heavy atom. The SMILES string of the molecule is CCOC(=O)/C=C(\CC)c1cc(F)c(F)c(F)c1. The van der Waals surface area contributed by atoms with Crippen LogP contribution < -0.4 is 0 Å². The molecule has 98 valence electrons. The Hall–Kier alpha value is -1.78. The number of halogens is 3. The van der Waals surface area contributed by atoms with Crippen molar-refractivity contribution in [3.05, 3.63) is 41.2 Å². The lowest BCUT2D eigenvalue weighted by Gasteiger charge is -2.06. The van der Waals surface area contributed by atoms with E-state index in [1.807, 2.05) is 0 Å². The van der Waals surface area contributed by atoms with Gasteiger partial charge in [-0.25, -0.2) is 18.0 Å². The minimum absolute atomic E-state index is 0.127. The van der Waals surface area contributed by atoms with Crippen molar-refractivity contribution in [2.45, 2.75) is 20.3 Å². The van der Waals surface area contributed by atoms with E-state index >= 15 is 0 Å². The number of hydrogen-bond acceptors (Lipinski definition) is 2. The number of carbonyl (C=O) groups is 1. The molecule has 0 radical (unpaired) electrons. The fourth-order valence-corrected chi connectivity index (χ4v) is 1.46. The fourth-order valence-electron chi connectivity index (χ4n) is 1.46. The largest absolute Gasteiger partial charge is 0.463 e. The first-order chi connectivity index (χ1) is 8.49. The third-order valence-electron chi connectivity index (χ3n) is 2.31. The van der Waals surface area contributed by atoms with E-state index in [2.05, 4.69) is 0 Å². The number of allylic oxidation sites excluding steroid dienone is 1. The van der Waals surface area contributed by atoms with E-state index in [4.69, 9.17) is 4.74 Å². The number of carbonyl (C=O) groups excluding carboxylic acids is 1. The second kappa shape index (κ2) is 6.23. The molecule has 2 nitrogen and oxygen atoms in total. The zero-order valence-corrected chi connectivity index (χ0v) is 10.1. The molecule has 0 spiro atoms. The highest BCUT2D eigenvalue weighted by atomic mass is 19.2. The maximum atomic E-state index is 13.1. The van der Waals surface area contributed by atoms with Gasteiger partial charge in [-0.05, 0) is 36.6 Å². The molecule has 0 unspecified atom stereocenters. The Kier molecular flexibility index (Phi) is 4.95. The van der Waals surface area contributed by atoms with Crippen molar-refractivity contribution >= 4 is 11.5 Å². The van der Waals surface area contributed by atoms with Crippen LogP contribution >= 0.6 is 0 Å². The number of esters is 1. The molecule has 1 rings (SSSR count). The fraction of sp³-hybridized carbons (Fsp3) is 0.308.